The van der Waals surface area contributed by atoms with Crippen LogP contribution < -0.4 is 0 Å². The number of fused-ring (bicyclic) bond motifs is 1. The van der Waals surface area contributed by atoms with Gasteiger partial charge in [-0.05, 0) is 25.1 Å². The lowest BCUT2D eigenvalue weighted by molar-refractivity contribution is -0.0508. The normalized spacial score (nSPS) is 25.8. The van der Waals surface area contributed by atoms with E-state index < -0.39 is 24.5 Å². The van der Waals surface area contributed by atoms with Crippen molar-refractivity contribution in [3.63, 3.8) is 0 Å². The number of aromatic nitrogens is 3. The highest BCUT2D eigenvalue weighted by Gasteiger charge is 2.43. The Hall–Kier alpha value is -1.97. The highest BCUT2D eigenvalue weighted by molar-refractivity contribution is 7.99. The molecule has 0 saturated carbocycles. The fourth-order valence-corrected chi connectivity index (χ4v) is 3.93. The van der Waals surface area contributed by atoms with E-state index in [9.17, 15) is 15.3 Å². The second-order valence-electron chi connectivity index (χ2n) is 6.28. The Kier molecular flexibility index (Phi) is 4.68. The third-order valence-corrected chi connectivity index (χ3v) is 5.53. The van der Waals surface area contributed by atoms with Crippen LogP contribution in [0.1, 0.15) is 11.8 Å². The summed E-state index contributed by atoms with van der Waals surface area (Å²) in [5.74, 6) is 0. The lowest BCUT2D eigenvalue weighted by Crippen LogP contribution is -2.33. The topological polar surface area (TPSA) is 101 Å². The summed E-state index contributed by atoms with van der Waals surface area (Å²) >= 11 is 1.53. The fraction of sp³-hybridized carbons (Fsp3) is 0.333. The summed E-state index contributed by atoms with van der Waals surface area (Å²) in [6.07, 6.45) is -0.714. The monoisotopic (exact) mass is 373 g/mol. The van der Waals surface area contributed by atoms with E-state index >= 15 is 0 Å². The number of aliphatic hydroxyl groups is 3. The minimum Gasteiger partial charge on any atom is -0.394 e. The minimum absolute atomic E-state index is 0.364. The Morgan fingerprint density at radius 3 is 2.58 bits per heavy atom. The van der Waals surface area contributed by atoms with Crippen LogP contribution in [0, 0.1) is 6.92 Å². The highest BCUT2D eigenvalue weighted by atomic mass is 32.2. The molecule has 0 unspecified atom stereocenters. The number of aryl methyl sites for hydroxylation is 1. The highest BCUT2D eigenvalue weighted by Crippen LogP contribution is 2.35. The van der Waals surface area contributed by atoms with Gasteiger partial charge in [-0.1, -0.05) is 29.5 Å². The summed E-state index contributed by atoms with van der Waals surface area (Å²) in [5, 5.41) is 31.2. The molecule has 8 heteroatoms. The van der Waals surface area contributed by atoms with Gasteiger partial charge in [-0.2, -0.15) is 0 Å². The molecule has 2 aromatic heterocycles. The molecule has 4 atom stereocenters. The Morgan fingerprint density at radius 2 is 1.88 bits per heavy atom. The van der Waals surface area contributed by atoms with Crippen LogP contribution in [-0.4, -0.2) is 54.8 Å². The summed E-state index contributed by atoms with van der Waals surface area (Å²) in [7, 11) is 0. The number of rotatable bonds is 4. The first kappa shape index (κ1) is 17.4. The SMILES string of the molecule is Cc1ccc(Sc2ncnc3c2ccn3[C@@H]2O[C@H](CO)[C@@H](O)[C@H]2O)cc1. The van der Waals surface area contributed by atoms with Crippen molar-refractivity contribution in [2.24, 2.45) is 0 Å². The summed E-state index contributed by atoms with van der Waals surface area (Å²) in [5.41, 5.74) is 1.79. The van der Waals surface area contributed by atoms with Gasteiger partial charge in [0.1, 0.15) is 35.3 Å². The van der Waals surface area contributed by atoms with Crippen molar-refractivity contribution in [1.82, 2.24) is 14.5 Å². The second-order valence-corrected chi connectivity index (χ2v) is 7.35. The van der Waals surface area contributed by atoms with Gasteiger partial charge in [0, 0.05) is 11.1 Å². The van der Waals surface area contributed by atoms with Gasteiger partial charge in [-0.3, -0.25) is 0 Å². The molecule has 1 aliphatic rings. The molecule has 4 rings (SSSR count). The molecule has 0 spiro atoms. The van der Waals surface area contributed by atoms with Crippen molar-refractivity contribution in [3.05, 3.63) is 48.4 Å². The molecular formula is C18H19N3O4S. The number of nitrogens with zero attached hydrogens (tertiary/aromatic N) is 3. The van der Waals surface area contributed by atoms with Crippen LogP contribution in [0.2, 0.25) is 0 Å². The average molecular weight is 373 g/mol. The van der Waals surface area contributed by atoms with Crippen LogP contribution in [0.4, 0.5) is 0 Å². The maximum absolute atomic E-state index is 10.3. The maximum Gasteiger partial charge on any atom is 0.164 e. The van der Waals surface area contributed by atoms with Gasteiger partial charge in [-0.25, -0.2) is 9.97 Å². The van der Waals surface area contributed by atoms with Gasteiger partial charge in [0.05, 0.1) is 12.0 Å². The molecule has 1 aromatic carbocycles. The third-order valence-electron chi connectivity index (χ3n) is 4.50. The maximum atomic E-state index is 10.3. The van der Waals surface area contributed by atoms with Crippen LogP contribution in [0.15, 0.2) is 52.8 Å². The predicted molar refractivity (Wildman–Crippen MR) is 95.8 cm³/mol. The summed E-state index contributed by atoms with van der Waals surface area (Å²) in [6, 6.07) is 10.0. The van der Waals surface area contributed by atoms with E-state index in [4.69, 9.17) is 4.74 Å². The van der Waals surface area contributed by atoms with Crippen LogP contribution >= 0.6 is 11.8 Å². The molecule has 1 aliphatic heterocycles. The molecular weight excluding hydrogens is 354 g/mol. The Labute approximate surface area is 154 Å². The number of hydrogen-bond donors (Lipinski definition) is 3. The van der Waals surface area contributed by atoms with E-state index in [1.807, 2.05) is 37.3 Å². The zero-order valence-electron chi connectivity index (χ0n) is 14.1. The molecule has 1 saturated heterocycles. The molecule has 0 radical (unpaired) electrons. The van der Waals surface area contributed by atoms with Gasteiger partial charge in [0.25, 0.3) is 0 Å². The van der Waals surface area contributed by atoms with Crippen LogP contribution in [-0.2, 0) is 4.74 Å². The largest absolute Gasteiger partial charge is 0.394 e. The van der Waals surface area contributed by atoms with Crippen molar-refractivity contribution in [2.75, 3.05) is 6.61 Å². The lowest BCUT2D eigenvalue weighted by Gasteiger charge is -2.17. The van der Waals surface area contributed by atoms with Gasteiger partial charge < -0.3 is 24.6 Å². The number of hydrogen-bond acceptors (Lipinski definition) is 7. The smallest absolute Gasteiger partial charge is 0.164 e. The molecule has 3 aromatic rings. The van der Waals surface area contributed by atoms with Crippen LogP contribution in [0.5, 0.6) is 0 Å². The minimum atomic E-state index is -1.15. The zero-order valence-corrected chi connectivity index (χ0v) is 14.9. The molecule has 0 amide bonds. The molecule has 0 aliphatic carbocycles. The third kappa shape index (κ3) is 3.00. The van der Waals surface area contributed by atoms with Crippen molar-refractivity contribution in [2.45, 2.75) is 41.4 Å². The Balaban J connectivity index is 1.68. The lowest BCUT2D eigenvalue weighted by atomic mass is 10.1. The van der Waals surface area contributed by atoms with Crippen LogP contribution in [0.3, 0.4) is 0 Å². The first-order chi connectivity index (χ1) is 12.6. The van der Waals surface area contributed by atoms with E-state index in [0.29, 0.717) is 5.65 Å². The van der Waals surface area contributed by atoms with Crippen molar-refractivity contribution in [1.29, 1.82) is 0 Å². The molecule has 1 fully saturated rings. The fourth-order valence-electron chi connectivity index (χ4n) is 3.06. The van der Waals surface area contributed by atoms with E-state index in [1.165, 1.54) is 23.7 Å². The summed E-state index contributed by atoms with van der Waals surface area (Å²) in [4.78, 5) is 9.76. The first-order valence-corrected chi connectivity index (χ1v) is 9.08. The molecule has 3 heterocycles. The van der Waals surface area contributed by atoms with Crippen LogP contribution in [0.25, 0.3) is 11.0 Å². The Morgan fingerprint density at radius 1 is 1.12 bits per heavy atom. The van der Waals surface area contributed by atoms with E-state index in [2.05, 4.69) is 9.97 Å². The Bertz CT molecular complexity index is 914. The summed E-state index contributed by atoms with van der Waals surface area (Å²) < 4.78 is 7.27. The molecule has 7 nitrogen and oxygen atoms in total. The number of benzene rings is 1. The second kappa shape index (κ2) is 6.98. The van der Waals surface area contributed by atoms with E-state index in [0.717, 1.165) is 15.3 Å². The van der Waals surface area contributed by atoms with E-state index in [1.54, 1.807) is 10.8 Å². The quantitative estimate of drug-likeness (QED) is 0.596. The molecule has 26 heavy (non-hydrogen) atoms. The predicted octanol–water partition coefficient (Wildman–Crippen LogP) is 1.50. The van der Waals surface area contributed by atoms with Gasteiger partial charge in [0.15, 0.2) is 6.23 Å². The standard InChI is InChI=1S/C18H19N3O4S/c1-10-2-4-11(5-3-10)26-17-12-6-7-21(16(12)19-9-20-17)18-15(24)14(23)13(8-22)25-18/h2-7,9,13-15,18,22-24H,8H2,1H3/t13-,14-,15-,18-/m1/s1. The van der Waals surface area contributed by atoms with Gasteiger partial charge >= 0.3 is 0 Å². The molecule has 3 N–H and O–H groups in total. The van der Waals surface area contributed by atoms with Gasteiger partial charge in [0.2, 0.25) is 0 Å². The number of aliphatic hydroxyl groups excluding tert-OH is 3. The average Bonchev–Trinajstić information content (AvgIpc) is 3.19. The van der Waals surface area contributed by atoms with Crippen molar-refractivity contribution in [3.8, 4) is 0 Å². The summed E-state index contributed by atoms with van der Waals surface area (Å²) in [6.45, 7) is 1.68. The van der Waals surface area contributed by atoms with Gasteiger partial charge in [-0.15, -0.1) is 0 Å². The zero-order chi connectivity index (χ0) is 18.3. The first-order valence-electron chi connectivity index (χ1n) is 8.27. The van der Waals surface area contributed by atoms with Crippen molar-refractivity contribution >= 4 is 22.8 Å². The van der Waals surface area contributed by atoms with E-state index in [-0.39, 0.29) is 6.61 Å². The molecule has 0 bridgehead atoms. The molecule has 136 valence electrons. The number of ether oxygens (including phenoxy) is 1. The van der Waals surface area contributed by atoms with Crippen molar-refractivity contribution < 1.29 is 20.1 Å².